The zero-order chi connectivity index (χ0) is 9.89. The summed E-state index contributed by atoms with van der Waals surface area (Å²) < 4.78 is 0. The molecule has 12 heavy (non-hydrogen) atoms. The second-order valence-electron chi connectivity index (χ2n) is 2.53. The van der Waals surface area contributed by atoms with Crippen molar-refractivity contribution < 1.29 is 19.5 Å². The van der Waals surface area contributed by atoms with Crippen LogP contribution in [0.25, 0.3) is 0 Å². The number of ketones is 2. The third-order valence-electron chi connectivity index (χ3n) is 1.34. The van der Waals surface area contributed by atoms with Crippen molar-refractivity contribution in [3.63, 3.8) is 0 Å². The van der Waals surface area contributed by atoms with Crippen LogP contribution < -0.4 is 0 Å². The number of carbonyl (C=O) groups excluding carboxylic acids is 2. The summed E-state index contributed by atoms with van der Waals surface area (Å²) in [6.07, 6.45) is 0. The Morgan fingerprint density at radius 2 is 1.67 bits per heavy atom. The van der Waals surface area contributed by atoms with Crippen molar-refractivity contribution >= 4 is 17.5 Å². The van der Waals surface area contributed by atoms with Crippen LogP contribution in [0.4, 0.5) is 0 Å². The van der Waals surface area contributed by atoms with E-state index in [4.69, 9.17) is 5.11 Å². The van der Waals surface area contributed by atoms with E-state index >= 15 is 0 Å². The molecule has 0 aliphatic carbocycles. The van der Waals surface area contributed by atoms with E-state index in [1.165, 1.54) is 6.92 Å². The Balaban J connectivity index is 4.76. The van der Waals surface area contributed by atoms with Gasteiger partial charge >= 0.3 is 5.97 Å². The number of Topliss-reactive ketones (excluding diaryl/α,β-unsaturated/α-hetero) is 2. The minimum absolute atomic E-state index is 0.0811. The number of carboxylic acids is 1. The lowest BCUT2D eigenvalue weighted by Gasteiger charge is -2.05. The molecule has 4 heteroatoms. The molecule has 0 spiro atoms. The summed E-state index contributed by atoms with van der Waals surface area (Å²) in [5.41, 5.74) is 0.0811. The summed E-state index contributed by atoms with van der Waals surface area (Å²) in [6, 6.07) is 0. The molecule has 0 saturated heterocycles. The molecule has 0 amide bonds. The molecule has 0 heterocycles. The topological polar surface area (TPSA) is 71.4 Å². The van der Waals surface area contributed by atoms with Crippen LogP contribution >= 0.6 is 0 Å². The van der Waals surface area contributed by atoms with Gasteiger partial charge in [-0.1, -0.05) is 6.58 Å². The van der Waals surface area contributed by atoms with E-state index in [1.54, 1.807) is 0 Å². The first kappa shape index (κ1) is 10.6. The molecule has 66 valence electrons. The van der Waals surface area contributed by atoms with Crippen LogP contribution in [0.1, 0.15) is 13.8 Å². The number of hydrogen-bond donors (Lipinski definition) is 1. The zero-order valence-electron chi connectivity index (χ0n) is 6.96. The summed E-state index contributed by atoms with van der Waals surface area (Å²) in [4.78, 5) is 32.1. The summed E-state index contributed by atoms with van der Waals surface area (Å²) in [5, 5.41) is 8.48. The van der Waals surface area contributed by atoms with Gasteiger partial charge in [0.1, 0.15) is 0 Å². The minimum Gasteiger partial charge on any atom is -0.480 e. The Morgan fingerprint density at radius 3 is 1.75 bits per heavy atom. The van der Waals surface area contributed by atoms with Crippen LogP contribution in [-0.4, -0.2) is 22.6 Å². The van der Waals surface area contributed by atoms with Gasteiger partial charge in [0.2, 0.25) is 0 Å². The maximum Gasteiger partial charge on any atom is 0.322 e. The molecule has 0 fully saturated rings. The summed E-state index contributed by atoms with van der Waals surface area (Å²) >= 11 is 0. The van der Waals surface area contributed by atoms with Crippen LogP contribution in [0.2, 0.25) is 0 Å². The number of hydrogen-bond acceptors (Lipinski definition) is 3. The molecule has 0 bridgehead atoms. The van der Waals surface area contributed by atoms with Gasteiger partial charge in [0.05, 0.1) is 0 Å². The van der Waals surface area contributed by atoms with Crippen molar-refractivity contribution in [3.8, 4) is 0 Å². The van der Waals surface area contributed by atoms with E-state index in [1.807, 2.05) is 0 Å². The lowest BCUT2D eigenvalue weighted by atomic mass is 9.96. The number of allylic oxidation sites excluding steroid dienone is 1. The van der Waals surface area contributed by atoms with Crippen LogP contribution in [-0.2, 0) is 14.4 Å². The fourth-order valence-electron chi connectivity index (χ4n) is 0.717. The average molecular weight is 170 g/mol. The summed E-state index contributed by atoms with van der Waals surface area (Å²) in [6.45, 7) is 5.72. The molecule has 1 unspecified atom stereocenters. The lowest BCUT2D eigenvalue weighted by Crippen LogP contribution is -2.30. The van der Waals surface area contributed by atoms with Crippen LogP contribution in [0.5, 0.6) is 0 Å². The Labute approximate surface area is 69.9 Å². The largest absolute Gasteiger partial charge is 0.480 e. The molecule has 0 aromatic rings. The van der Waals surface area contributed by atoms with Crippen molar-refractivity contribution in [2.24, 2.45) is 5.92 Å². The number of carboxylic acid groups (broad SMARTS) is 1. The zero-order valence-corrected chi connectivity index (χ0v) is 6.96. The molecule has 1 N–H and O–H groups in total. The molecule has 0 rings (SSSR count). The Hall–Kier alpha value is -1.45. The molecule has 0 aromatic carbocycles. The van der Waals surface area contributed by atoms with Gasteiger partial charge < -0.3 is 5.11 Å². The van der Waals surface area contributed by atoms with Crippen molar-refractivity contribution in [2.75, 3.05) is 0 Å². The third-order valence-corrected chi connectivity index (χ3v) is 1.34. The van der Waals surface area contributed by atoms with E-state index in [0.29, 0.717) is 0 Å². The highest BCUT2D eigenvalue weighted by molar-refractivity contribution is 6.21. The fraction of sp³-hybridized carbons (Fsp3) is 0.375. The van der Waals surface area contributed by atoms with Gasteiger partial charge in [-0.2, -0.15) is 0 Å². The van der Waals surface area contributed by atoms with Crippen molar-refractivity contribution in [2.45, 2.75) is 13.8 Å². The highest BCUT2D eigenvalue weighted by atomic mass is 16.4. The summed E-state index contributed by atoms with van der Waals surface area (Å²) in [7, 11) is 0. The van der Waals surface area contributed by atoms with Gasteiger partial charge in [0, 0.05) is 0 Å². The highest BCUT2D eigenvalue weighted by Gasteiger charge is 2.30. The molecule has 0 saturated carbocycles. The molecule has 0 radical (unpaired) electrons. The van der Waals surface area contributed by atoms with Crippen LogP contribution in [0.15, 0.2) is 12.2 Å². The molecule has 0 aromatic heterocycles. The van der Waals surface area contributed by atoms with Crippen molar-refractivity contribution in [3.05, 3.63) is 12.2 Å². The highest BCUT2D eigenvalue weighted by Crippen LogP contribution is 2.06. The monoisotopic (exact) mass is 170 g/mol. The van der Waals surface area contributed by atoms with Crippen molar-refractivity contribution in [1.29, 1.82) is 0 Å². The van der Waals surface area contributed by atoms with Crippen molar-refractivity contribution in [1.82, 2.24) is 0 Å². The molecular weight excluding hydrogens is 160 g/mol. The maximum atomic E-state index is 11.0. The van der Waals surface area contributed by atoms with Gasteiger partial charge in [0.25, 0.3) is 0 Å². The first-order valence-corrected chi connectivity index (χ1v) is 3.31. The van der Waals surface area contributed by atoms with Gasteiger partial charge in [-0.3, -0.25) is 14.4 Å². The minimum atomic E-state index is -1.58. The Morgan fingerprint density at radius 1 is 1.25 bits per heavy atom. The van der Waals surface area contributed by atoms with Crippen LogP contribution in [0.3, 0.4) is 0 Å². The third kappa shape index (κ3) is 2.30. The molecular formula is C8H10O4. The second kappa shape index (κ2) is 3.80. The predicted octanol–water partition coefficient (Wildman–Crippen LogP) is 0.421. The molecule has 0 aliphatic rings. The molecule has 4 nitrogen and oxygen atoms in total. The van der Waals surface area contributed by atoms with Gasteiger partial charge in [0.15, 0.2) is 17.5 Å². The van der Waals surface area contributed by atoms with E-state index in [2.05, 4.69) is 6.58 Å². The average Bonchev–Trinajstić information content (AvgIpc) is 1.85. The lowest BCUT2D eigenvalue weighted by molar-refractivity contribution is -0.148. The fourth-order valence-corrected chi connectivity index (χ4v) is 0.717. The number of aliphatic carboxylic acids is 1. The van der Waals surface area contributed by atoms with Crippen LogP contribution in [0, 0.1) is 5.92 Å². The molecule has 1 atom stereocenters. The van der Waals surface area contributed by atoms with E-state index in [9.17, 15) is 14.4 Å². The summed E-state index contributed by atoms with van der Waals surface area (Å²) in [5.74, 6) is -4.40. The first-order valence-electron chi connectivity index (χ1n) is 3.31. The van der Waals surface area contributed by atoms with E-state index in [-0.39, 0.29) is 5.57 Å². The first-order chi connectivity index (χ1) is 5.37. The van der Waals surface area contributed by atoms with Gasteiger partial charge in [-0.25, -0.2) is 0 Å². The normalized spacial score (nSPS) is 11.8. The number of carbonyl (C=O) groups is 3. The smallest absolute Gasteiger partial charge is 0.322 e. The standard InChI is InChI=1S/C8H10O4/c1-4(2)7(10)6(5(3)9)8(11)12/h6H,1H2,2-3H3,(H,11,12). The van der Waals surface area contributed by atoms with E-state index < -0.39 is 23.5 Å². The molecule has 0 aliphatic heterocycles. The Bertz CT molecular complexity index is 238. The quantitative estimate of drug-likeness (QED) is 0.490. The Kier molecular flexibility index (Phi) is 3.34. The second-order valence-corrected chi connectivity index (χ2v) is 2.53. The predicted molar refractivity (Wildman–Crippen MR) is 41.6 cm³/mol. The van der Waals surface area contributed by atoms with E-state index in [0.717, 1.165) is 6.92 Å². The number of rotatable bonds is 4. The van der Waals surface area contributed by atoms with Gasteiger partial charge in [-0.05, 0) is 19.4 Å². The SMILES string of the molecule is C=C(C)C(=O)C(C(C)=O)C(=O)O. The van der Waals surface area contributed by atoms with Gasteiger partial charge in [-0.15, -0.1) is 0 Å². The maximum absolute atomic E-state index is 11.0.